The van der Waals surface area contributed by atoms with E-state index in [1.54, 1.807) is 13.3 Å². The molecule has 0 aliphatic heterocycles. The minimum Gasteiger partial charge on any atom is -0.494 e. The molecule has 0 aliphatic carbocycles. The van der Waals surface area contributed by atoms with Gasteiger partial charge < -0.3 is 29.7 Å². The Morgan fingerprint density at radius 3 is 2.63 bits per heavy atom. The molecule has 2 N–H and O–H groups in total. The van der Waals surface area contributed by atoms with Gasteiger partial charge in [-0.15, -0.1) is 0 Å². The van der Waals surface area contributed by atoms with Crippen LogP contribution in [0.5, 0.6) is 5.75 Å². The lowest BCUT2D eigenvalue weighted by Gasteiger charge is -2.26. The van der Waals surface area contributed by atoms with E-state index < -0.39 is 0 Å². The number of carbonyl (C=O) groups excluding carboxylic acids is 1. The van der Waals surface area contributed by atoms with Crippen LogP contribution in [-0.4, -0.2) is 66.7 Å². The van der Waals surface area contributed by atoms with Gasteiger partial charge in [0.1, 0.15) is 5.75 Å². The van der Waals surface area contributed by atoms with Gasteiger partial charge in [-0.25, -0.2) is 9.97 Å². The molecule has 0 spiro atoms. The molecule has 0 radical (unpaired) electrons. The number of anilines is 4. The van der Waals surface area contributed by atoms with Crippen LogP contribution in [0.4, 0.5) is 23.0 Å². The van der Waals surface area contributed by atoms with Gasteiger partial charge in [0.2, 0.25) is 11.9 Å². The molecular weight excluding hydrogens is 478 g/mol. The fraction of sp³-hybridized carbons (Fsp3) is 0.276. The molecule has 0 saturated heterocycles. The van der Waals surface area contributed by atoms with Gasteiger partial charge in [0.15, 0.2) is 0 Å². The Labute approximate surface area is 223 Å². The first kappa shape index (κ1) is 26.7. The van der Waals surface area contributed by atoms with Crippen LogP contribution < -0.4 is 20.3 Å². The maximum absolute atomic E-state index is 12.2. The third-order valence-electron chi connectivity index (χ3n) is 6.38. The zero-order valence-corrected chi connectivity index (χ0v) is 22.9. The van der Waals surface area contributed by atoms with E-state index >= 15 is 0 Å². The van der Waals surface area contributed by atoms with Gasteiger partial charge in [-0.1, -0.05) is 18.7 Å². The fourth-order valence-electron chi connectivity index (χ4n) is 4.29. The quantitative estimate of drug-likeness (QED) is 0.294. The molecule has 0 unspecified atom stereocenters. The van der Waals surface area contributed by atoms with E-state index in [9.17, 15) is 4.79 Å². The highest BCUT2D eigenvalue weighted by atomic mass is 16.5. The first-order valence-corrected chi connectivity index (χ1v) is 12.4. The first-order valence-electron chi connectivity index (χ1n) is 12.4. The normalized spacial score (nSPS) is 11.0. The van der Waals surface area contributed by atoms with E-state index in [-0.39, 0.29) is 5.91 Å². The van der Waals surface area contributed by atoms with Crippen LogP contribution in [0.2, 0.25) is 0 Å². The number of ether oxygens (including phenoxy) is 1. The van der Waals surface area contributed by atoms with E-state index in [1.165, 1.54) is 11.6 Å². The second-order valence-electron chi connectivity index (χ2n) is 9.55. The van der Waals surface area contributed by atoms with Gasteiger partial charge in [-0.05, 0) is 50.9 Å². The molecule has 9 heteroatoms. The van der Waals surface area contributed by atoms with Crippen LogP contribution >= 0.6 is 0 Å². The van der Waals surface area contributed by atoms with Gasteiger partial charge in [-0.3, -0.25) is 4.79 Å². The van der Waals surface area contributed by atoms with Gasteiger partial charge in [-0.2, -0.15) is 0 Å². The largest absolute Gasteiger partial charge is 0.494 e. The molecule has 4 aromatic rings. The molecular formula is C29H35N7O2. The molecule has 0 saturated carbocycles. The highest BCUT2D eigenvalue weighted by molar-refractivity contribution is 6.02. The van der Waals surface area contributed by atoms with Crippen molar-refractivity contribution in [3.63, 3.8) is 0 Å². The lowest BCUT2D eigenvalue weighted by atomic mass is 10.1. The smallest absolute Gasteiger partial charge is 0.247 e. The van der Waals surface area contributed by atoms with Crippen LogP contribution in [-0.2, 0) is 11.8 Å². The number of amides is 1. The molecule has 2 aromatic heterocycles. The summed E-state index contributed by atoms with van der Waals surface area (Å²) in [5.74, 6) is 0.718. The number of hydrogen-bond donors (Lipinski definition) is 2. The second-order valence-corrected chi connectivity index (χ2v) is 9.55. The molecule has 38 heavy (non-hydrogen) atoms. The Bertz CT molecular complexity index is 1480. The van der Waals surface area contributed by atoms with Crippen molar-refractivity contribution in [1.82, 2.24) is 19.4 Å². The molecule has 0 aliphatic rings. The van der Waals surface area contributed by atoms with Crippen LogP contribution in [0.25, 0.3) is 22.2 Å². The van der Waals surface area contributed by atoms with Gasteiger partial charge in [0, 0.05) is 62.1 Å². The predicted molar refractivity (Wildman–Crippen MR) is 156 cm³/mol. The van der Waals surface area contributed by atoms with Crippen molar-refractivity contribution >= 4 is 39.8 Å². The molecule has 1 amide bonds. The molecule has 0 bridgehead atoms. The summed E-state index contributed by atoms with van der Waals surface area (Å²) >= 11 is 0. The van der Waals surface area contributed by atoms with Crippen molar-refractivity contribution in [1.29, 1.82) is 0 Å². The Hall–Kier alpha value is -4.37. The van der Waals surface area contributed by atoms with Crippen LogP contribution in [0.1, 0.15) is 5.56 Å². The van der Waals surface area contributed by atoms with Crippen molar-refractivity contribution in [2.75, 3.05) is 56.9 Å². The highest BCUT2D eigenvalue weighted by Crippen LogP contribution is 2.38. The number of hydrogen-bond acceptors (Lipinski definition) is 7. The lowest BCUT2D eigenvalue weighted by Crippen LogP contribution is -2.29. The zero-order chi connectivity index (χ0) is 27.4. The van der Waals surface area contributed by atoms with Crippen molar-refractivity contribution in [2.45, 2.75) is 6.92 Å². The van der Waals surface area contributed by atoms with Crippen molar-refractivity contribution in [2.24, 2.45) is 7.05 Å². The maximum atomic E-state index is 12.2. The summed E-state index contributed by atoms with van der Waals surface area (Å²) in [5, 5.41) is 7.33. The molecule has 9 nitrogen and oxygen atoms in total. The summed E-state index contributed by atoms with van der Waals surface area (Å²) in [4.78, 5) is 25.7. The minimum atomic E-state index is -0.298. The van der Waals surface area contributed by atoms with Crippen LogP contribution in [0.3, 0.4) is 0 Å². The Morgan fingerprint density at radius 2 is 1.92 bits per heavy atom. The molecule has 0 atom stereocenters. The first-order chi connectivity index (χ1) is 18.2. The van der Waals surface area contributed by atoms with Crippen LogP contribution in [0, 0.1) is 6.92 Å². The number of aromatic nitrogens is 3. The van der Waals surface area contributed by atoms with E-state index in [4.69, 9.17) is 9.72 Å². The average molecular weight is 514 g/mol. The van der Waals surface area contributed by atoms with Crippen molar-refractivity contribution < 1.29 is 9.53 Å². The summed E-state index contributed by atoms with van der Waals surface area (Å²) in [6.07, 6.45) is 5.06. The van der Waals surface area contributed by atoms with Crippen molar-refractivity contribution in [3.8, 4) is 17.0 Å². The number of rotatable bonds is 10. The van der Waals surface area contributed by atoms with E-state index in [2.05, 4.69) is 67.9 Å². The van der Waals surface area contributed by atoms with Crippen LogP contribution in [0.15, 0.2) is 61.4 Å². The summed E-state index contributed by atoms with van der Waals surface area (Å²) in [5.41, 5.74) is 6.25. The third kappa shape index (κ3) is 5.78. The summed E-state index contributed by atoms with van der Waals surface area (Å²) in [6, 6.07) is 12.0. The summed E-state index contributed by atoms with van der Waals surface area (Å²) in [7, 11) is 9.67. The fourth-order valence-corrected chi connectivity index (χ4v) is 4.29. The number of benzene rings is 2. The maximum Gasteiger partial charge on any atom is 0.247 e. The number of carbonyl (C=O) groups is 1. The zero-order valence-electron chi connectivity index (χ0n) is 22.9. The molecule has 2 heterocycles. The van der Waals surface area contributed by atoms with Gasteiger partial charge >= 0.3 is 0 Å². The number of aryl methyl sites for hydroxylation is 2. The van der Waals surface area contributed by atoms with E-state index in [1.807, 2.05) is 46.4 Å². The number of fused-ring (bicyclic) bond motifs is 1. The standard InChI is InChI=1S/C29H35N7O2/c1-8-28(37)31-23-16-24(27(38-7)17-26(23)35(5)14-13-34(3)4)33-29-30-12-11-22(32-29)21-18-36(6)25-15-19(2)9-10-20(21)25/h8-12,15-18H,1,13-14H2,2-7H3,(H,31,37)(H,30,32,33). The molecule has 0 fully saturated rings. The average Bonchev–Trinajstić information content (AvgIpc) is 3.23. The Kier molecular flexibility index (Phi) is 7.97. The second kappa shape index (κ2) is 11.4. The Morgan fingerprint density at radius 1 is 1.13 bits per heavy atom. The Balaban J connectivity index is 1.71. The van der Waals surface area contributed by atoms with E-state index in [0.717, 1.165) is 40.9 Å². The highest BCUT2D eigenvalue weighted by Gasteiger charge is 2.17. The SMILES string of the molecule is C=CC(=O)Nc1cc(Nc2nccc(-c3cn(C)c4cc(C)ccc34)n2)c(OC)cc1N(C)CCN(C)C. The number of likely N-dealkylation sites (N-methyl/N-ethyl adjacent to an activating group) is 2. The number of nitrogens with zero attached hydrogens (tertiary/aromatic N) is 5. The number of methoxy groups -OCH3 is 1. The molecule has 2 aromatic carbocycles. The van der Waals surface area contributed by atoms with Crippen molar-refractivity contribution in [3.05, 3.63) is 67.0 Å². The molecule has 4 rings (SSSR count). The number of nitrogens with one attached hydrogen (secondary N) is 2. The third-order valence-corrected chi connectivity index (χ3v) is 6.38. The minimum absolute atomic E-state index is 0.298. The summed E-state index contributed by atoms with van der Waals surface area (Å²) in [6.45, 7) is 7.28. The lowest BCUT2D eigenvalue weighted by molar-refractivity contribution is -0.111. The van der Waals surface area contributed by atoms with Gasteiger partial charge in [0.05, 0.1) is 29.9 Å². The van der Waals surface area contributed by atoms with Gasteiger partial charge in [0.25, 0.3) is 0 Å². The predicted octanol–water partition coefficient (Wildman–Crippen LogP) is 4.82. The topological polar surface area (TPSA) is 87.5 Å². The van der Waals surface area contributed by atoms with E-state index in [0.29, 0.717) is 23.1 Å². The monoisotopic (exact) mass is 513 g/mol. The molecule has 198 valence electrons. The summed E-state index contributed by atoms with van der Waals surface area (Å²) < 4.78 is 7.82.